The average Bonchev–Trinajstić information content (AvgIpc) is 2.92. The third-order valence-electron chi connectivity index (χ3n) is 5.95. The lowest BCUT2D eigenvalue weighted by Gasteiger charge is -2.32. The fourth-order valence-corrected chi connectivity index (χ4v) is 4.15. The Labute approximate surface area is 216 Å². The first-order valence-electron chi connectivity index (χ1n) is 11.9. The zero-order valence-corrected chi connectivity index (χ0v) is 20.6. The number of benzene rings is 3. The van der Waals surface area contributed by atoms with Gasteiger partial charge in [-0.05, 0) is 46.5 Å². The van der Waals surface area contributed by atoms with Gasteiger partial charge in [-0.15, -0.1) is 0 Å². The van der Waals surface area contributed by atoms with Crippen LogP contribution in [0.15, 0.2) is 109 Å². The normalized spacial score (nSPS) is 11.5. The summed E-state index contributed by atoms with van der Waals surface area (Å²) in [6.45, 7) is 0.650. The van der Waals surface area contributed by atoms with Crippen LogP contribution in [0.2, 0.25) is 5.02 Å². The van der Waals surface area contributed by atoms with Gasteiger partial charge in [0.1, 0.15) is 6.04 Å². The van der Waals surface area contributed by atoms with Gasteiger partial charge in [-0.1, -0.05) is 84.4 Å². The van der Waals surface area contributed by atoms with E-state index in [1.54, 1.807) is 29.4 Å². The van der Waals surface area contributed by atoms with Gasteiger partial charge in [-0.2, -0.15) is 0 Å². The summed E-state index contributed by atoms with van der Waals surface area (Å²) in [5.74, 6) is -0.317. The summed E-state index contributed by atoms with van der Waals surface area (Å²) >= 11 is 6.09. The summed E-state index contributed by atoms with van der Waals surface area (Å²) in [6, 6.07) is 29.8. The van der Waals surface area contributed by atoms with E-state index in [1.165, 1.54) is 0 Å². The average molecular weight is 498 g/mol. The highest BCUT2D eigenvalue weighted by Crippen LogP contribution is 2.18. The van der Waals surface area contributed by atoms with Crippen LogP contribution >= 0.6 is 11.6 Å². The Balaban J connectivity index is 1.63. The molecule has 1 aromatic heterocycles. The van der Waals surface area contributed by atoms with Crippen molar-refractivity contribution in [1.82, 2.24) is 15.2 Å². The van der Waals surface area contributed by atoms with Crippen molar-refractivity contribution in [2.24, 2.45) is 0 Å². The lowest BCUT2D eigenvalue weighted by molar-refractivity contribution is -0.140. The summed E-state index contributed by atoms with van der Waals surface area (Å²) < 4.78 is 0. The molecule has 0 saturated carbocycles. The smallest absolute Gasteiger partial charge is 0.243 e. The van der Waals surface area contributed by atoms with Crippen LogP contribution in [0, 0.1) is 0 Å². The molecule has 4 rings (SSSR count). The number of halogens is 1. The molecular formula is C30H28ClN3O2. The molecule has 0 bridgehead atoms. The highest BCUT2D eigenvalue weighted by molar-refractivity contribution is 6.30. The summed E-state index contributed by atoms with van der Waals surface area (Å²) in [5.41, 5.74) is 3.73. The molecule has 1 N–H and O–H groups in total. The van der Waals surface area contributed by atoms with Crippen molar-refractivity contribution in [3.63, 3.8) is 0 Å². The van der Waals surface area contributed by atoms with E-state index in [0.717, 1.165) is 22.3 Å². The van der Waals surface area contributed by atoms with Crippen LogP contribution in [0.5, 0.6) is 0 Å². The molecule has 182 valence electrons. The number of aromatic nitrogens is 1. The Morgan fingerprint density at radius 1 is 0.750 bits per heavy atom. The van der Waals surface area contributed by atoms with Gasteiger partial charge in [0, 0.05) is 36.9 Å². The maximum absolute atomic E-state index is 13.7. The number of carbonyl (C=O) groups excluding carboxylic acids is 2. The fourth-order valence-electron chi connectivity index (χ4n) is 4.02. The minimum Gasteiger partial charge on any atom is -0.350 e. The molecule has 2 amide bonds. The number of hydrogen-bond donors (Lipinski definition) is 1. The minimum absolute atomic E-state index is 0.115. The van der Waals surface area contributed by atoms with Crippen LogP contribution in [0.25, 0.3) is 0 Å². The van der Waals surface area contributed by atoms with Crippen molar-refractivity contribution in [2.75, 3.05) is 0 Å². The number of rotatable bonds is 10. The molecule has 1 heterocycles. The standard InChI is InChI=1S/C30H28ClN3O2/c31-27-13-11-26(12-14-27)22-34(29(35)20-24-9-5-2-6-10-24)28(19-23-7-3-1-4-8-23)30(36)33-21-25-15-17-32-18-16-25/h1-18,28H,19-22H2,(H,33,36)/t28-/m0/s1. The molecule has 36 heavy (non-hydrogen) atoms. The molecule has 0 radical (unpaired) electrons. The molecule has 6 heteroatoms. The number of nitrogens with one attached hydrogen (secondary N) is 1. The highest BCUT2D eigenvalue weighted by atomic mass is 35.5. The van der Waals surface area contributed by atoms with Gasteiger partial charge in [0.05, 0.1) is 6.42 Å². The van der Waals surface area contributed by atoms with E-state index in [1.807, 2.05) is 84.9 Å². The SMILES string of the molecule is O=C(NCc1ccncc1)[C@H](Cc1ccccc1)N(Cc1ccc(Cl)cc1)C(=O)Cc1ccccc1. The Hall–Kier alpha value is -3.96. The van der Waals surface area contributed by atoms with E-state index in [0.29, 0.717) is 24.5 Å². The first-order chi connectivity index (χ1) is 17.6. The van der Waals surface area contributed by atoms with Gasteiger partial charge in [-0.25, -0.2) is 0 Å². The number of pyridine rings is 1. The predicted molar refractivity (Wildman–Crippen MR) is 142 cm³/mol. The second kappa shape index (κ2) is 12.7. The lowest BCUT2D eigenvalue weighted by Crippen LogP contribution is -2.50. The third kappa shape index (κ3) is 7.27. The van der Waals surface area contributed by atoms with Crippen molar-refractivity contribution >= 4 is 23.4 Å². The molecule has 0 unspecified atom stereocenters. The lowest BCUT2D eigenvalue weighted by atomic mass is 10.0. The Morgan fingerprint density at radius 3 is 2.00 bits per heavy atom. The van der Waals surface area contributed by atoms with Crippen molar-refractivity contribution < 1.29 is 9.59 Å². The minimum atomic E-state index is -0.693. The second-order valence-electron chi connectivity index (χ2n) is 8.59. The molecular weight excluding hydrogens is 470 g/mol. The topological polar surface area (TPSA) is 62.3 Å². The maximum atomic E-state index is 13.7. The van der Waals surface area contributed by atoms with Crippen molar-refractivity contribution in [2.45, 2.75) is 32.0 Å². The highest BCUT2D eigenvalue weighted by Gasteiger charge is 2.30. The van der Waals surface area contributed by atoms with Crippen LogP contribution in [-0.2, 0) is 35.5 Å². The molecule has 0 aliphatic rings. The number of hydrogen-bond acceptors (Lipinski definition) is 3. The largest absolute Gasteiger partial charge is 0.350 e. The summed E-state index contributed by atoms with van der Waals surface area (Å²) in [4.78, 5) is 33.0. The van der Waals surface area contributed by atoms with E-state index in [4.69, 9.17) is 11.6 Å². The molecule has 0 aliphatic carbocycles. The van der Waals surface area contributed by atoms with Crippen molar-refractivity contribution in [3.8, 4) is 0 Å². The molecule has 1 atom stereocenters. The van der Waals surface area contributed by atoms with E-state index >= 15 is 0 Å². The number of amides is 2. The van der Waals surface area contributed by atoms with E-state index < -0.39 is 6.04 Å². The first kappa shape index (κ1) is 25.1. The number of nitrogens with zero attached hydrogens (tertiary/aromatic N) is 2. The van der Waals surface area contributed by atoms with Crippen LogP contribution in [0.3, 0.4) is 0 Å². The van der Waals surface area contributed by atoms with Crippen LogP contribution in [0.1, 0.15) is 22.3 Å². The molecule has 0 saturated heterocycles. The molecule has 0 spiro atoms. The predicted octanol–water partition coefficient (Wildman–Crippen LogP) is 5.23. The molecule has 0 fully saturated rings. The van der Waals surface area contributed by atoms with Crippen LogP contribution in [-0.4, -0.2) is 27.7 Å². The molecule has 0 aliphatic heterocycles. The van der Waals surface area contributed by atoms with Crippen molar-refractivity contribution in [1.29, 1.82) is 0 Å². The van der Waals surface area contributed by atoms with Gasteiger partial charge in [0.25, 0.3) is 0 Å². The Kier molecular flexibility index (Phi) is 8.84. The van der Waals surface area contributed by atoms with Gasteiger partial charge in [-0.3, -0.25) is 14.6 Å². The second-order valence-corrected chi connectivity index (χ2v) is 9.03. The summed E-state index contributed by atoms with van der Waals surface area (Å²) in [6.07, 6.45) is 3.99. The first-order valence-corrected chi connectivity index (χ1v) is 12.2. The summed E-state index contributed by atoms with van der Waals surface area (Å²) in [7, 11) is 0. The molecule has 5 nitrogen and oxygen atoms in total. The zero-order valence-electron chi connectivity index (χ0n) is 19.9. The van der Waals surface area contributed by atoms with Gasteiger partial charge < -0.3 is 10.2 Å². The Bertz CT molecular complexity index is 1250. The van der Waals surface area contributed by atoms with Crippen LogP contribution in [0.4, 0.5) is 0 Å². The number of carbonyl (C=O) groups is 2. The zero-order chi connectivity index (χ0) is 25.2. The van der Waals surface area contributed by atoms with Gasteiger partial charge in [0.15, 0.2) is 0 Å². The molecule has 3 aromatic carbocycles. The van der Waals surface area contributed by atoms with Gasteiger partial charge in [0.2, 0.25) is 11.8 Å². The summed E-state index contributed by atoms with van der Waals surface area (Å²) in [5, 5.41) is 3.65. The van der Waals surface area contributed by atoms with E-state index in [-0.39, 0.29) is 18.2 Å². The van der Waals surface area contributed by atoms with E-state index in [2.05, 4.69) is 10.3 Å². The third-order valence-corrected chi connectivity index (χ3v) is 6.20. The van der Waals surface area contributed by atoms with Crippen molar-refractivity contribution in [3.05, 3.63) is 137 Å². The Morgan fingerprint density at radius 2 is 1.36 bits per heavy atom. The molecule has 4 aromatic rings. The fraction of sp³-hybridized carbons (Fsp3) is 0.167. The maximum Gasteiger partial charge on any atom is 0.243 e. The van der Waals surface area contributed by atoms with Gasteiger partial charge >= 0.3 is 0 Å². The monoisotopic (exact) mass is 497 g/mol. The quantitative estimate of drug-likeness (QED) is 0.326. The van der Waals surface area contributed by atoms with Crippen LogP contribution < -0.4 is 5.32 Å². The van der Waals surface area contributed by atoms with E-state index in [9.17, 15) is 9.59 Å².